The second kappa shape index (κ2) is 10.6. The van der Waals surface area contributed by atoms with Crippen LogP contribution in [0.2, 0.25) is 10.0 Å². The summed E-state index contributed by atoms with van der Waals surface area (Å²) in [4.78, 5) is 48.7. The molecule has 1 fully saturated rings. The van der Waals surface area contributed by atoms with Crippen molar-refractivity contribution in [3.63, 3.8) is 0 Å². The molecule has 1 aliphatic heterocycles. The average molecular weight is 596 g/mol. The number of hydroxylamine groups is 2. The van der Waals surface area contributed by atoms with Crippen LogP contribution in [0.5, 0.6) is 0 Å². The van der Waals surface area contributed by atoms with Gasteiger partial charge in [0.15, 0.2) is 5.82 Å². The summed E-state index contributed by atoms with van der Waals surface area (Å²) in [6.07, 6.45) is 1.53. The van der Waals surface area contributed by atoms with Crippen molar-refractivity contribution in [2.75, 3.05) is 11.9 Å². The molecule has 0 spiro atoms. The van der Waals surface area contributed by atoms with E-state index in [0.717, 1.165) is 0 Å². The maximum absolute atomic E-state index is 13.4. The molecule has 0 bridgehead atoms. The number of pyridine rings is 1. The number of nitrogens with one attached hydrogen (secondary N) is 2. The van der Waals surface area contributed by atoms with Crippen molar-refractivity contribution in [1.29, 1.82) is 0 Å². The Kier molecular flexibility index (Phi) is 7.65. The van der Waals surface area contributed by atoms with Gasteiger partial charge in [-0.1, -0.05) is 23.2 Å². The van der Waals surface area contributed by atoms with Crippen LogP contribution >= 0.6 is 39.1 Å². The molecule has 3 amide bonds. The summed E-state index contributed by atoms with van der Waals surface area (Å²) in [6, 6.07) is 6.77. The van der Waals surface area contributed by atoms with Crippen molar-refractivity contribution in [2.45, 2.75) is 32.9 Å². The van der Waals surface area contributed by atoms with E-state index in [1.54, 1.807) is 39.0 Å². The van der Waals surface area contributed by atoms with Gasteiger partial charge >= 0.3 is 0 Å². The van der Waals surface area contributed by atoms with Crippen LogP contribution in [0.4, 0.5) is 5.69 Å². The molecule has 2 N–H and O–H groups in total. The molecule has 1 unspecified atom stereocenters. The first-order chi connectivity index (χ1) is 17.1. The summed E-state index contributed by atoms with van der Waals surface area (Å²) in [7, 11) is 0. The first-order valence-electron chi connectivity index (χ1n) is 10.8. The first kappa shape index (κ1) is 26.1. The van der Waals surface area contributed by atoms with Crippen molar-refractivity contribution >= 4 is 62.5 Å². The van der Waals surface area contributed by atoms with Crippen LogP contribution in [0.15, 0.2) is 41.1 Å². The minimum Gasteiger partial charge on any atom is -0.338 e. The highest BCUT2D eigenvalue weighted by atomic mass is 79.9. The van der Waals surface area contributed by atoms with Crippen LogP contribution in [0.1, 0.15) is 40.3 Å². The molecule has 3 heterocycles. The highest BCUT2D eigenvalue weighted by Crippen LogP contribution is 2.28. The van der Waals surface area contributed by atoms with E-state index in [9.17, 15) is 14.4 Å². The van der Waals surface area contributed by atoms with Crippen molar-refractivity contribution in [3.8, 4) is 5.82 Å². The van der Waals surface area contributed by atoms with E-state index in [4.69, 9.17) is 28.0 Å². The summed E-state index contributed by atoms with van der Waals surface area (Å²) in [5.74, 6) is -1.26. The number of aromatic nitrogens is 3. The fraction of sp³-hybridized carbons (Fsp3) is 0.261. The van der Waals surface area contributed by atoms with E-state index in [0.29, 0.717) is 20.2 Å². The Morgan fingerprint density at radius 1 is 1.22 bits per heavy atom. The van der Waals surface area contributed by atoms with Crippen LogP contribution < -0.4 is 10.6 Å². The number of amides is 3. The summed E-state index contributed by atoms with van der Waals surface area (Å²) in [5, 5.41) is 11.5. The lowest BCUT2D eigenvalue weighted by molar-refractivity contribution is -0.170. The first-order valence-corrected chi connectivity index (χ1v) is 12.4. The predicted octanol–water partition coefficient (Wildman–Crippen LogP) is 4.18. The summed E-state index contributed by atoms with van der Waals surface area (Å²) < 4.78 is 1.68. The van der Waals surface area contributed by atoms with Gasteiger partial charge in [-0.05, 0) is 66.5 Å². The van der Waals surface area contributed by atoms with Gasteiger partial charge in [-0.2, -0.15) is 5.10 Å². The lowest BCUT2D eigenvalue weighted by Gasteiger charge is -2.19. The van der Waals surface area contributed by atoms with Crippen LogP contribution in [0.3, 0.4) is 0 Å². The zero-order valence-electron chi connectivity index (χ0n) is 19.4. The summed E-state index contributed by atoms with van der Waals surface area (Å²) >= 11 is 15.8. The molecule has 4 rings (SSSR count). The Labute approximate surface area is 225 Å². The number of aryl methyl sites for hydroxylation is 1. The Balaban J connectivity index is 1.64. The third-order valence-electron chi connectivity index (χ3n) is 5.31. The van der Waals surface area contributed by atoms with Crippen LogP contribution in [-0.4, -0.2) is 56.2 Å². The Bertz CT molecular complexity index is 1360. The number of hydrogen-bond donors (Lipinski definition) is 2. The van der Waals surface area contributed by atoms with E-state index < -0.39 is 17.9 Å². The van der Waals surface area contributed by atoms with E-state index in [-0.39, 0.29) is 41.3 Å². The Hall–Kier alpha value is -2.99. The third kappa shape index (κ3) is 5.24. The molecular formula is C23H21BrCl2N6O4. The van der Waals surface area contributed by atoms with Crippen molar-refractivity contribution in [3.05, 3.63) is 68.0 Å². The standard InChI is InChI=1S/C23H21BrCl2N6O4/c1-11(2)32-23(35)16(10-36-32)28-21(33)14-8-13(25)7-12(3)19(14)29-22(34)17-9-18(24)30-31(17)20-15(26)5-4-6-27-20/h4-9,11,16H,10H2,1-3H3,(H,28,33)(H,29,34). The van der Waals surface area contributed by atoms with Gasteiger partial charge in [-0.3, -0.25) is 19.2 Å². The fourth-order valence-electron chi connectivity index (χ4n) is 3.66. The number of nitrogens with zero attached hydrogens (tertiary/aromatic N) is 4. The number of anilines is 1. The molecule has 0 aliphatic carbocycles. The molecule has 1 saturated heterocycles. The van der Waals surface area contributed by atoms with Gasteiger partial charge in [0.25, 0.3) is 17.7 Å². The maximum Gasteiger partial charge on any atom is 0.274 e. The zero-order chi connectivity index (χ0) is 26.1. The topological polar surface area (TPSA) is 118 Å². The minimum atomic E-state index is -0.869. The molecule has 0 saturated carbocycles. The monoisotopic (exact) mass is 594 g/mol. The third-order valence-corrected chi connectivity index (χ3v) is 6.21. The van der Waals surface area contributed by atoms with E-state index in [1.807, 2.05) is 0 Å². The predicted molar refractivity (Wildman–Crippen MR) is 137 cm³/mol. The Morgan fingerprint density at radius 3 is 2.64 bits per heavy atom. The molecule has 1 aromatic carbocycles. The van der Waals surface area contributed by atoms with Crippen LogP contribution in [-0.2, 0) is 9.63 Å². The lowest BCUT2D eigenvalue weighted by atomic mass is 10.1. The number of benzene rings is 1. The van der Waals surface area contributed by atoms with E-state index >= 15 is 0 Å². The largest absolute Gasteiger partial charge is 0.338 e. The van der Waals surface area contributed by atoms with Gasteiger partial charge in [0.2, 0.25) is 0 Å². The second-order valence-electron chi connectivity index (χ2n) is 8.25. The second-order valence-corrected chi connectivity index (χ2v) is 9.91. The smallest absolute Gasteiger partial charge is 0.274 e. The molecule has 36 heavy (non-hydrogen) atoms. The van der Waals surface area contributed by atoms with Gasteiger partial charge in [0.05, 0.1) is 22.3 Å². The maximum atomic E-state index is 13.4. The normalized spacial score (nSPS) is 15.5. The van der Waals surface area contributed by atoms with E-state index in [1.165, 1.54) is 28.1 Å². The van der Waals surface area contributed by atoms with Gasteiger partial charge in [0.1, 0.15) is 22.9 Å². The van der Waals surface area contributed by atoms with Gasteiger partial charge in [-0.25, -0.2) is 14.7 Å². The van der Waals surface area contributed by atoms with Gasteiger partial charge in [0, 0.05) is 17.3 Å². The van der Waals surface area contributed by atoms with Crippen molar-refractivity contribution in [1.82, 2.24) is 25.1 Å². The van der Waals surface area contributed by atoms with E-state index in [2.05, 4.69) is 36.6 Å². The molecule has 1 aliphatic rings. The molecule has 13 heteroatoms. The quantitative estimate of drug-likeness (QED) is 0.441. The summed E-state index contributed by atoms with van der Waals surface area (Å²) in [5.41, 5.74) is 0.977. The average Bonchev–Trinajstić information content (AvgIpc) is 3.38. The van der Waals surface area contributed by atoms with Crippen molar-refractivity contribution < 1.29 is 19.2 Å². The SMILES string of the molecule is Cc1cc(Cl)cc(C(=O)NC2CON(C(C)C)C2=O)c1NC(=O)c1cc(Br)nn1-c1ncccc1Cl. The van der Waals surface area contributed by atoms with Crippen molar-refractivity contribution in [2.24, 2.45) is 0 Å². The molecule has 188 valence electrons. The molecule has 0 radical (unpaired) electrons. The number of carbonyl (C=O) groups is 3. The molecule has 10 nitrogen and oxygen atoms in total. The molecule has 3 aromatic rings. The number of hydrogen-bond acceptors (Lipinski definition) is 6. The van der Waals surface area contributed by atoms with Gasteiger partial charge < -0.3 is 10.6 Å². The van der Waals surface area contributed by atoms with Crippen LogP contribution in [0, 0.1) is 6.92 Å². The lowest BCUT2D eigenvalue weighted by Crippen LogP contribution is -2.44. The minimum absolute atomic E-state index is 0.00202. The Morgan fingerprint density at radius 2 is 1.97 bits per heavy atom. The zero-order valence-corrected chi connectivity index (χ0v) is 22.5. The molecular weight excluding hydrogens is 575 g/mol. The molecule has 2 aromatic heterocycles. The number of rotatable bonds is 6. The highest BCUT2D eigenvalue weighted by Gasteiger charge is 2.36. The van der Waals surface area contributed by atoms with Gasteiger partial charge in [-0.15, -0.1) is 0 Å². The molecule has 1 atom stereocenters. The van der Waals surface area contributed by atoms with Crippen LogP contribution in [0.25, 0.3) is 5.82 Å². The number of halogens is 3. The highest BCUT2D eigenvalue weighted by molar-refractivity contribution is 9.10. The summed E-state index contributed by atoms with van der Waals surface area (Å²) in [6.45, 7) is 5.31. The fourth-order valence-corrected chi connectivity index (χ4v) is 4.51. The number of carbonyl (C=O) groups excluding carboxylic acids is 3.